The van der Waals surface area contributed by atoms with E-state index in [4.69, 9.17) is 0 Å². The second-order valence-electron chi connectivity index (χ2n) is 4.99. The van der Waals surface area contributed by atoms with Gasteiger partial charge in [0, 0.05) is 0 Å². The smallest absolute Gasteiger partial charge is 0.258 e. The van der Waals surface area contributed by atoms with E-state index in [1.54, 1.807) is 6.07 Å². The molecule has 0 heterocycles. The highest BCUT2D eigenvalue weighted by Gasteiger charge is 2.47. The normalized spacial score (nSPS) is 11.2. The van der Waals surface area contributed by atoms with E-state index in [0.717, 1.165) is 12.1 Å². The van der Waals surface area contributed by atoms with Gasteiger partial charge in [-0.05, 0) is 0 Å². The van der Waals surface area contributed by atoms with Crippen LogP contribution in [0.25, 0.3) is 0 Å². The van der Waals surface area contributed by atoms with Crippen molar-refractivity contribution in [3.05, 3.63) is 83.9 Å². The molecule has 156 valence electrons. The molecule has 15 heteroatoms. The van der Waals surface area contributed by atoms with E-state index in [1.807, 2.05) is 0 Å². The zero-order valence-electron chi connectivity index (χ0n) is 13.6. The molecule has 0 bridgehead atoms. The van der Waals surface area contributed by atoms with E-state index in [-0.39, 0.29) is 12.1 Å². The van der Waals surface area contributed by atoms with Gasteiger partial charge in [-0.25, -0.2) is 0 Å². The monoisotopic (exact) mass is 427 g/mol. The zero-order valence-corrected chi connectivity index (χ0v) is 13.6. The summed E-state index contributed by atoms with van der Waals surface area (Å²) in [7, 11) is 0. The van der Waals surface area contributed by atoms with Crippen LogP contribution in [-0.2, 0) is 12.4 Å². The van der Waals surface area contributed by atoms with Crippen LogP contribution in [0.4, 0.5) is 43.4 Å². The van der Waals surface area contributed by atoms with Gasteiger partial charge in [0.05, 0.1) is 32.5 Å². The van der Waals surface area contributed by atoms with Gasteiger partial charge < -0.3 is 0 Å². The Bertz CT molecular complexity index is 895. The molecule has 0 N–H and O–H groups in total. The third-order valence-electron chi connectivity index (χ3n) is 3.07. The van der Waals surface area contributed by atoms with E-state index in [1.165, 1.54) is 12.1 Å². The fourth-order valence-corrected chi connectivity index (χ4v) is 1.91. The largest absolute Gasteiger partial charge is 0.429 e. The Morgan fingerprint density at radius 3 is 1.31 bits per heavy atom. The van der Waals surface area contributed by atoms with Crippen LogP contribution in [0.3, 0.4) is 0 Å². The molecule has 0 unspecified atom stereocenters. The summed E-state index contributed by atoms with van der Waals surface area (Å²) >= 11 is 0. The number of rotatable bonds is 3. The van der Waals surface area contributed by atoms with Gasteiger partial charge in [-0.2, -0.15) is 26.3 Å². The summed E-state index contributed by atoms with van der Waals surface area (Å²) in [6.45, 7) is 0. The first-order chi connectivity index (χ1) is 13.2. The SMILES string of the molecule is FC(F)(F)c1ccccc1.O=[N+]([O-])c1cc([N+](=O)[O-])c(C(F)(F)F)c([N+](=O)[O-])c1. The fourth-order valence-electron chi connectivity index (χ4n) is 1.91. The van der Waals surface area contributed by atoms with Crippen LogP contribution in [0.1, 0.15) is 11.1 Å². The predicted octanol–water partition coefficient (Wildman–Crippen LogP) is 5.14. The van der Waals surface area contributed by atoms with E-state index in [0.29, 0.717) is 0 Å². The van der Waals surface area contributed by atoms with Crippen molar-refractivity contribution in [2.45, 2.75) is 12.4 Å². The summed E-state index contributed by atoms with van der Waals surface area (Å²) < 4.78 is 73.1. The Kier molecular flexibility index (Phi) is 6.81. The minimum absolute atomic E-state index is 0.0236. The van der Waals surface area contributed by atoms with Crippen LogP contribution in [-0.4, -0.2) is 14.8 Å². The average Bonchev–Trinajstić information content (AvgIpc) is 2.60. The molecule has 0 radical (unpaired) electrons. The quantitative estimate of drug-likeness (QED) is 0.379. The van der Waals surface area contributed by atoms with Crippen molar-refractivity contribution in [1.82, 2.24) is 0 Å². The third-order valence-corrected chi connectivity index (χ3v) is 3.07. The van der Waals surface area contributed by atoms with Crippen molar-refractivity contribution in [3.63, 3.8) is 0 Å². The second kappa shape index (κ2) is 8.49. The lowest BCUT2D eigenvalue weighted by atomic mass is 10.1. The first-order valence-electron chi connectivity index (χ1n) is 6.97. The summed E-state index contributed by atoms with van der Waals surface area (Å²) in [6, 6.07) is 6.41. The van der Waals surface area contributed by atoms with Gasteiger partial charge in [-0.3, -0.25) is 30.3 Å². The maximum atomic E-state index is 12.6. The van der Waals surface area contributed by atoms with E-state index in [2.05, 4.69) is 0 Å². The van der Waals surface area contributed by atoms with Crippen molar-refractivity contribution in [2.24, 2.45) is 0 Å². The molecular weight excluding hydrogens is 420 g/mol. The number of halogens is 6. The predicted molar refractivity (Wildman–Crippen MR) is 82.9 cm³/mol. The van der Waals surface area contributed by atoms with Crippen molar-refractivity contribution >= 4 is 17.1 Å². The molecule has 0 saturated carbocycles. The maximum Gasteiger partial charge on any atom is 0.429 e. The van der Waals surface area contributed by atoms with E-state index < -0.39 is 55.3 Å². The van der Waals surface area contributed by atoms with Gasteiger partial charge in [-0.15, -0.1) is 0 Å². The lowest BCUT2D eigenvalue weighted by Crippen LogP contribution is -2.13. The van der Waals surface area contributed by atoms with Crippen LogP contribution in [0.15, 0.2) is 42.5 Å². The summed E-state index contributed by atoms with van der Waals surface area (Å²) in [5.74, 6) is 0. The highest BCUT2D eigenvalue weighted by Crippen LogP contribution is 2.44. The zero-order chi connectivity index (χ0) is 22.6. The highest BCUT2D eigenvalue weighted by molar-refractivity contribution is 5.61. The molecule has 0 saturated heterocycles. The molecule has 0 aliphatic rings. The van der Waals surface area contributed by atoms with Crippen LogP contribution in [0.2, 0.25) is 0 Å². The summed E-state index contributed by atoms with van der Waals surface area (Å²) in [5, 5.41) is 31.3. The molecule has 0 aromatic heterocycles. The molecule has 0 aliphatic heterocycles. The summed E-state index contributed by atoms with van der Waals surface area (Å²) in [5.41, 5.74) is -7.39. The molecule has 9 nitrogen and oxygen atoms in total. The molecule has 0 atom stereocenters. The number of nitrogens with zero attached hydrogens (tertiary/aromatic N) is 3. The Morgan fingerprint density at radius 2 is 1.07 bits per heavy atom. The Labute approximate surface area is 155 Å². The van der Waals surface area contributed by atoms with Crippen LogP contribution in [0.5, 0.6) is 0 Å². The third kappa shape index (κ3) is 6.12. The number of non-ortho nitro benzene ring substituents is 1. The molecule has 29 heavy (non-hydrogen) atoms. The molecule has 0 aliphatic carbocycles. The van der Waals surface area contributed by atoms with Gasteiger partial charge in [0.25, 0.3) is 17.1 Å². The van der Waals surface area contributed by atoms with E-state index in [9.17, 15) is 56.7 Å². The van der Waals surface area contributed by atoms with Crippen molar-refractivity contribution < 1.29 is 41.1 Å². The van der Waals surface area contributed by atoms with Gasteiger partial charge in [0.15, 0.2) is 0 Å². The van der Waals surface area contributed by atoms with Gasteiger partial charge in [-0.1, -0.05) is 30.3 Å². The standard InChI is InChI=1S/C7H2F3N3O6.C7H5F3/c8-7(9,10)6-4(12(16)17)1-3(11(14)15)2-5(6)13(18)19;8-7(9,10)6-4-2-1-3-5-6/h1-2H;1-5H. The number of nitro benzene ring substituents is 3. The minimum atomic E-state index is -5.39. The molecule has 2 rings (SSSR count). The Hall–Kier alpha value is -3.78. The van der Waals surface area contributed by atoms with Gasteiger partial charge >= 0.3 is 12.4 Å². The van der Waals surface area contributed by atoms with Crippen molar-refractivity contribution in [2.75, 3.05) is 0 Å². The number of alkyl halides is 6. The number of hydrogen-bond acceptors (Lipinski definition) is 6. The van der Waals surface area contributed by atoms with Crippen LogP contribution < -0.4 is 0 Å². The minimum Gasteiger partial charge on any atom is -0.258 e. The van der Waals surface area contributed by atoms with E-state index >= 15 is 0 Å². The highest BCUT2D eigenvalue weighted by atomic mass is 19.4. The second-order valence-corrected chi connectivity index (χ2v) is 4.99. The van der Waals surface area contributed by atoms with Crippen LogP contribution in [0, 0.1) is 30.3 Å². The molecule has 2 aromatic rings. The summed E-state index contributed by atoms with van der Waals surface area (Å²) in [4.78, 5) is 27.0. The lowest BCUT2D eigenvalue weighted by Gasteiger charge is -2.07. The first-order valence-corrected chi connectivity index (χ1v) is 6.97. The topological polar surface area (TPSA) is 129 Å². The van der Waals surface area contributed by atoms with Crippen LogP contribution >= 0.6 is 0 Å². The molecule has 0 fully saturated rings. The maximum absolute atomic E-state index is 12.6. The Balaban J connectivity index is 0.000000352. The molecule has 0 spiro atoms. The number of benzene rings is 2. The average molecular weight is 427 g/mol. The fraction of sp³-hybridized carbons (Fsp3) is 0.143. The molecular formula is C14H7F6N3O6. The lowest BCUT2D eigenvalue weighted by molar-refractivity contribution is -0.407. The van der Waals surface area contributed by atoms with Gasteiger partial charge in [0.2, 0.25) is 5.56 Å². The van der Waals surface area contributed by atoms with Crippen molar-refractivity contribution in [3.8, 4) is 0 Å². The molecule has 2 aromatic carbocycles. The Morgan fingerprint density at radius 1 is 0.655 bits per heavy atom. The summed E-state index contributed by atoms with van der Waals surface area (Å²) in [6.07, 6.45) is -9.60. The van der Waals surface area contributed by atoms with Crippen molar-refractivity contribution in [1.29, 1.82) is 0 Å². The number of hydrogen-bond donors (Lipinski definition) is 0. The number of nitro groups is 3. The van der Waals surface area contributed by atoms with Gasteiger partial charge in [0.1, 0.15) is 0 Å². The molecule has 0 amide bonds. The first kappa shape index (κ1) is 23.3.